The Hall–Kier alpha value is -2.36. The summed E-state index contributed by atoms with van der Waals surface area (Å²) in [6, 6.07) is 11.4. The van der Waals surface area contributed by atoms with Crippen LogP contribution in [0, 0.1) is 0 Å². The summed E-state index contributed by atoms with van der Waals surface area (Å²) in [5, 5.41) is 0. The van der Waals surface area contributed by atoms with E-state index < -0.39 is 0 Å². The predicted octanol–water partition coefficient (Wildman–Crippen LogP) is 3.10. The summed E-state index contributed by atoms with van der Waals surface area (Å²) in [6.07, 6.45) is 0. The van der Waals surface area contributed by atoms with Crippen LogP contribution in [0.1, 0.15) is 0 Å². The highest BCUT2D eigenvalue weighted by Crippen LogP contribution is 2.42. The molecule has 0 bridgehead atoms. The number of fused-ring (bicyclic) bond motifs is 3. The van der Waals surface area contributed by atoms with Gasteiger partial charge in [-0.15, -0.1) is 0 Å². The molecule has 0 fully saturated rings. The third kappa shape index (κ3) is 2.05. The monoisotopic (exact) mass is 258 g/mol. The van der Waals surface area contributed by atoms with Crippen molar-refractivity contribution in [1.29, 1.82) is 0 Å². The van der Waals surface area contributed by atoms with Gasteiger partial charge in [-0.3, -0.25) is 0 Å². The fourth-order valence-corrected chi connectivity index (χ4v) is 2.10. The highest BCUT2D eigenvalue weighted by molar-refractivity contribution is 5.78. The van der Waals surface area contributed by atoms with Gasteiger partial charge in [0, 0.05) is 11.1 Å². The standard InChI is InChI=1S/C15H14O4/c1-16-10-3-5-14-12(7-10)13-8-11(17-2)4-6-15(13)19-9-18-14/h3-8H,9H2,1-2H3. The van der Waals surface area contributed by atoms with Crippen LogP contribution in [0.4, 0.5) is 0 Å². The van der Waals surface area contributed by atoms with E-state index >= 15 is 0 Å². The zero-order chi connectivity index (χ0) is 13.2. The van der Waals surface area contributed by atoms with Crippen LogP contribution < -0.4 is 18.9 Å². The molecular formula is C15H14O4. The minimum Gasteiger partial charge on any atom is -0.497 e. The topological polar surface area (TPSA) is 36.9 Å². The molecule has 4 nitrogen and oxygen atoms in total. The molecule has 0 radical (unpaired) electrons. The van der Waals surface area contributed by atoms with Gasteiger partial charge in [0.05, 0.1) is 14.2 Å². The van der Waals surface area contributed by atoms with Crippen LogP contribution >= 0.6 is 0 Å². The summed E-state index contributed by atoms with van der Waals surface area (Å²) in [7, 11) is 3.28. The molecule has 0 N–H and O–H groups in total. The Balaban J connectivity index is 2.21. The van der Waals surface area contributed by atoms with Crippen molar-refractivity contribution in [2.75, 3.05) is 21.0 Å². The number of ether oxygens (including phenoxy) is 4. The van der Waals surface area contributed by atoms with E-state index in [1.165, 1.54) is 0 Å². The van der Waals surface area contributed by atoms with E-state index in [0.29, 0.717) is 0 Å². The largest absolute Gasteiger partial charge is 0.497 e. The fourth-order valence-electron chi connectivity index (χ4n) is 2.10. The molecular weight excluding hydrogens is 244 g/mol. The number of hydrogen-bond donors (Lipinski definition) is 0. The Kier molecular flexibility index (Phi) is 2.91. The first-order chi connectivity index (χ1) is 9.31. The van der Waals surface area contributed by atoms with E-state index in [9.17, 15) is 0 Å². The lowest BCUT2D eigenvalue weighted by Crippen LogP contribution is -2.03. The van der Waals surface area contributed by atoms with E-state index in [0.717, 1.165) is 34.1 Å². The SMILES string of the molecule is COc1ccc2c(c1)-c1cc(OC)ccc1OCO2. The van der Waals surface area contributed by atoms with Gasteiger partial charge in [0.2, 0.25) is 6.79 Å². The molecule has 2 aromatic carbocycles. The molecule has 19 heavy (non-hydrogen) atoms. The van der Waals surface area contributed by atoms with Gasteiger partial charge in [-0.05, 0) is 36.4 Å². The van der Waals surface area contributed by atoms with Crippen molar-refractivity contribution in [1.82, 2.24) is 0 Å². The molecule has 0 amide bonds. The second kappa shape index (κ2) is 4.72. The molecule has 0 unspecified atom stereocenters. The number of methoxy groups -OCH3 is 2. The van der Waals surface area contributed by atoms with Crippen LogP contribution in [0.2, 0.25) is 0 Å². The van der Waals surface area contributed by atoms with Crippen LogP contribution in [0.5, 0.6) is 23.0 Å². The third-order valence-corrected chi connectivity index (χ3v) is 3.09. The Morgan fingerprint density at radius 3 is 1.68 bits per heavy atom. The van der Waals surface area contributed by atoms with E-state index in [4.69, 9.17) is 18.9 Å². The lowest BCUT2D eigenvalue weighted by atomic mass is 10.0. The molecule has 2 aromatic rings. The van der Waals surface area contributed by atoms with E-state index in [-0.39, 0.29) is 6.79 Å². The van der Waals surface area contributed by atoms with E-state index in [2.05, 4.69) is 0 Å². The summed E-state index contributed by atoms with van der Waals surface area (Å²) in [5.74, 6) is 3.09. The van der Waals surface area contributed by atoms with Gasteiger partial charge >= 0.3 is 0 Å². The van der Waals surface area contributed by atoms with Gasteiger partial charge in [0.15, 0.2) is 0 Å². The zero-order valence-corrected chi connectivity index (χ0v) is 10.8. The zero-order valence-electron chi connectivity index (χ0n) is 10.8. The summed E-state index contributed by atoms with van der Waals surface area (Å²) >= 11 is 0. The molecule has 0 atom stereocenters. The highest BCUT2D eigenvalue weighted by Gasteiger charge is 2.17. The molecule has 1 heterocycles. The molecule has 0 saturated carbocycles. The van der Waals surface area contributed by atoms with Crippen LogP contribution in [-0.4, -0.2) is 21.0 Å². The van der Waals surface area contributed by atoms with Crippen LogP contribution in [0.3, 0.4) is 0 Å². The van der Waals surface area contributed by atoms with Crippen LogP contribution in [0.25, 0.3) is 11.1 Å². The van der Waals surface area contributed by atoms with Crippen molar-refractivity contribution in [3.63, 3.8) is 0 Å². The minimum absolute atomic E-state index is 0.193. The smallest absolute Gasteiger partial charge is 0.230 e. The molecule has 98 valence electrons. The van der Waals surface area contributed by atoms with Gasteiger partial charge in [0.1, 0.15) is 23.0 Å². The van der Waals surface area contributed by atoms with Crippen LogP contribution in [-0.2, 0) is 0 Å². The van der Waals surface area contributed by atoms with Crippen LogP contribution in [0.15, 0.2) is 36.4 Å². The number of hydrogen-bond acceptors (Lipinski definition) is 4. The molecule has 0 saturated heterocycles. The van der Waals surface area contributed by atoms with Crippen molar-refractivity contribution < 1.29 is 18.9 Å². The Morgan fingerprint density at radius 2 is 1.26 bits per heavy atom. The highest BCUT2D eigenvalue weighted by atomic mass is 16.7. The average molecular weight is 258 g/mol. The van der Waals surface area contributed by atoms with Gasteiger partial charge in [-0.2, -0.15) is 0 Å². The second-order valence-electron chi connectivity index (χ2n) is 4.13. The number of rotatable bonds is 2. The maximum Gasteiger partial charge on any atom is 0.230 e. The summed E-state index contributed by atoms with van der Waals surface area (Å²) < 4.78 is 21.7. The van der Waals surface area contributed by atoms with Crippen molar-refractivity contribution in [3.05, 3.63) is 36.4 Å². The van der Waals surface area contributed by atoms with Gasteiger partial charge in [-0.25, -0.2) is 0 Å². The van der Waals surface area contributed by atoms with E-state index in [1.807, 2.05) is 36.4 Å². The Morgan fingerprint density at radius 1 is 0.789 bits per heavy atom. The van der Waals surface area contributed by atoms with Crippen molar-refractivity contribution in [2.24, 2.45) is 0 Å². The second-order valence-corrected chi connectivity index (χ2v) is 4.13. The molecule has 0 spiro atoms. The first kappa shape index (κ1) is 11.7. The first-order valence-electron chi connectivity index (χ1n) is 5.94. The Labute approximate surface area is 111 Å². The fraction of sp³-hybridized carbons (Fsp3) is 0.200. The maximum absolute atomic E-state index is 5.59. The summed E-state index contributed by atoms with van der Waals surface area (Å²) in [6.45, 7) is 0.193. The minimum atomic E-state index is 0.193. The first-order valence-corrected chi connectivity index (χ1v) is 5.94. The lowest BCUT2D eigenvalue weighted by Gasteiger charge is -2.10. The average Bonchev–Trinajstić information content (AvgIpc) is 2.65. The number of benzene rings is 2. The quantitative estimate of drug-likeness (QED) is 0.829. The molecule has 0 aromatic heterocycles. The molecule has 0 aliphatic carbocycles. The van der Waals surface area contributed by atoms with Crippen molar-refractivity contribution >= 4 is 0 Å². The molecule has 1 aliphatic rings. The maximum atomic E-state index is 5.59. The predicted molar refractivity (Wildman–Crippen MR) is 71.1 cm³/mol. The summed E-state index contributed by atoms with van der Waals surface area (Å²) in [5.41, 5.74) is 1.87. The molecule has 3 rings (SSSR count). The molecule has 1 aliphatic heterocycles. The third-order valence-electron chi connectivity index (χ3n) is 3.09. The van der Waals surface area contributed by atoms with Gasteiger partial charge in [-0.1, -0.05) is 0 Å². The van der Waals surface area contributed by atoms with Gasteiger partial charge < -0.3 is 18.9 Å². The van der Waals surface area contributed by atoms with Crippen molar-refractivity contribution in [2.45, 2.75) is 0 Å². The summed E-state index contributed by atoms with van der Waals surface area (Å²) in [4.78, 5) is 0. The van der Waals surface area contributed by atoms with Crippen molar-refractivity contribution in [3.8, 4) is 34.1 Å². The van der Waals surface area contributed by atoms with Gasteiger partial charge in [0.25, 0.3) is 0 Å². The lowest BCUT2D eigenvalue weighted by molar-refractivity contribution is 0.124. The Bertz CT molecular complexity index is 554. The van der Waals surface area contributed by atoms with E-state index in [1.54, 1.807) is 14.2 Å². The normalized spacial score (nSPS) is 12.3. The molecule has 4 heteroatoms.